The minimum absolute atomic E-state index is 0.0145. The van der Waals surface area contributed by atoms with Crippen LogP contribution in [0.4, 0.5) is 4.39 Å². The third-order valence-electron chi connectivity index (χ3n) is 2.75. The topological polar surface area (TPSA) is 78.6 Å². The molecule has 1 rings (SSSR count). The van der Waals surface area contributed by atoms with Crippen LogP contribution in [0.2, 0.25) is 0 Å². The summed E-state index contributed by atoms with van der Waals surface area (Å²) in [6.45, 7) is 4.03. The van der Waals surface area contributed by atoms with E-state index in [9.17, 15) is 12.8 Å². The molecule has 0 aliphatic heterocycles. The van der Waals surface area contributed by atoms with Crippen LogP contribution >= 0.6 is 0 Å². The quantitative estimate of drug-likeness (QED) is 0.864. The van der Waals surface area contributed by atoms with E-state index >= 15 is 0 Å². The number of rotatable bonds is 6. The molecule has 0 atom stereocenters. The van der Waals surface area contributed by atoms with E-state index in [1.807, 2.05) is 13.8 Å². The molecule has 1 aromatic carbocycles. The highest BCUT2D eigenvalue weighted by Gasteiger charge is 2.17. The van der Waals surface area contributed by atoms with Gasteiger partial charge in [-0.2, -0.15) is 0 Å². The molecule has 1 aromatic rings. The van der Waals surface area contributed by atoms with E-state index < -0.39 is 15.8 Å². The normalized spacial score (nSPS) is 12.5. The lowest BCUT2D eigenvalue weighted by molar-refractivity contribution is 0.00513. The number of ether oxygens (including phenoxy) is 2. The number of benzene rings is 1. The van der Waals surface area contributed by atoms with Crippen molar-refractivity contribution < 1.29 is 22.3 Å². The lowest BCUT2D eigenvalue weighted by Crippen LogP contribution is -2.25. The number of primary sulfonamides is 1. The fraction of sp³-hybridized carbons (Fsp3) is 0.500. The van der Waals surface area contributed by atoms with E-state index in [1.54, 1.807) is 7.11 Å². The molecule has 2 N–H and O–H groups in total. The number of halogens is 1. The van der Waals surface area contributed by atoms with Gasteiger partial charge in [0.05, 0.1) is 17.1 Å². The summed E-state index contributed by atoms with van der Waals surface area (Å²) in [6.07, 6.45) is 0.569. The van der Waals surface area contributed by atoms with Crippen molar-refractivity contribution >= 4 is 10.0 Å². The predicted octanol–water partition coefficient (Wildman–Crippen LogP) is 1.67. The number of sulfonamides is 1. The van der Waals surface area contributed by atoms with Gasteiger partial charge >= 0.3 is 0 Å². The van der Waals surface area contributed by atoms with Crippen LogP contribution in [0.15, 0.2) is 23.1 Å². The molecule has 0 fully saturated rings. The van der Waals surface area contributed by atoms with Crippen molar-refractivity contribution in [2.24, 2.45) is 5.14 Å². The van der Waals surface area contributed by atoms with Crippen LogP contribution in [0.5, 0.6) is 5.75 Å². The number of hydrogen-bond acceptors (Lipinski definition) is 4. The Hall–Kier alpha value is -1.18. The van der Waals surface area contributed by atoms with Gasteiger partial charge in [0.1, 0.15) is 0 Å². The number of hydrogen-bond donors (Lipinski definition) is 1. The molecule has 0 bridgehead atoms. The molecule has 0 spiro atoms. The molecular formula is C12H18FNO4S. The zero-order valence-electron chi connectivity index (χ0n) is 11.1. The Morgan fingerprint density at radius 2 is 2.00 bits per heavy atom. The number of methoxy groups -OCH3 is 1. The second kappa shape index (κ2) is 5.85. The zero-order chi connectivity index (χ0) is 14.7. The van der Waals surface area contributed by atoms with Crippen molar-refractivity contribution in [1.82, 2.24) is 0 Å². The standard InChI is InChI=1S/C12H18FNO4S/c1-12(2,17-3)6-7-18-11-5-4-9(8-10(11)13)19(14,15)16/h4-5,8H,6-7H2,1-3H3,(H2,14,15,16). The Labute approximate surface area is 112 Å². The van der Waals surface area contributed by atoms with Gasteiger partial charge in [-0.05, 0) is 32.0 Å². The van der Waals surface area contributed by atoms with E-state index in [0.717, 1.165) is 6.07 Å². The average Bonchev–Trinajstić information content (AvgIpc) is 2.30. The second-order valence-corrected chi connectivity index (χ2v) is 6.26. The summed E-state index contributed by atoms with van der Waals surface area (Å²) in [5.41, 5.74) is -0.364. The second-order valence-electron chi connectivity index (χ2n) is 4.70. The minimum Gasteiger partial charge on any atom is -0.490 e. The summed E-state index contributed by atoms with van der Waals surface area (Å²) in [5.74, 6) is -0.777. The molecule has 0 amide bonds. The third kappa shape index (κ3) is 4.77. The Bertz CT molecular complexity index is 543. The third-order valence-corrected chi connectivity index (χ3v) is 3.66. The van der Waals surface area contributed by atoms with Crippen molar-refractivity contribution in [3.63, 3.8) is 0 Å². The first-order valence-electron chi connectivity index (χ1n) is 5.66. The van der Waals surface area contributed by atoms with Crippen molar-refractivity contribution in [3.05, 3.63) is 24.0 Å². The maximum absolute atomic E-state index is 13.6. The van der Waals surface area contributed by atoms with Gasteiger partial charge in [0.2, 0.25) is 10.0 Å². The van der Waals surface area contributed by atoms with Gasteiger partial charge in [0, 0.05) is 13.5 Å². The summed E-state index contributed by atoms with van der Waals surface area (Å²) in [5, 5.41) is 4.90. The number of nitrogens with two attached hydrogens (primary N) is 1. The molecule has 0 heterocycles. The van der Waals surface area contributed by atoms with Crippen LogP contribution in [0.3, 0.4) is 0 Å². The summed E-state index contributed by atoms with van der Waals surface area (Å²) < 4.78 is 46.1. The fourth-order valence-corrected chi connectivity index (χ4v) is 1.81. The molecule has 0 aliphatic carbocycles. The summed E-state index contributed by atoms with van der Waals surface area (Å²) in [6, 6.07) is 3.29. The van der Waals surface area contributed by atoms with Crippen molar-refractivity contribution in [2.75, 3.05) is 13.7 Å². The average molecular weight is 291 g/mol. The first-order valence-corrected chi connectivity index (χ1v) is 7.21. The van der Waals surface area contributed by atoms with Gasteiger partial charge < -0.3 is 9.47 Å². The molecule has 0 saturated heterocycles. The van der Waals surface area contributed by atoms with Crippen LogP contribution in [-0.4, -0.2) is 27.7 Å². The van der Waals surface area contributed by atoms with Gasteiger partial charge in [0.25, 0.3) is 0 Å². The van der Waals surface area contributed by atoms with Crippen LogP contribution < -0.4 is 9.88 Å². The molecular weight excluding hydrogens is 273 g/mol. The summed E-state index contributed by atoms with van der Waals surface area (Å²) >= 11 is 0. The Balaban J connectivity index is 2.72. The van der Waals surface area contributed by atoms with Crippen molar-refractivity contribution in [1.29, 1.82) is 0 Å². The Kier molecular flexibility index (Phi) is 4.89. The van der Waals surface area contributed by atoms with Gasteiger partial charge in [-0.25, -0.2) is 17.9 Å². The monoisotopic (exact) mass is 291 g/mol. The molecule has 0 aromatic heterocycles. The van der Waals surface area contributed by atoms with E-state index in [2.05, 4.69) is 0 Å². The molecule has 7 heteroatoms. The first-order chi connectivity index (χ1) is 8.65. The minimum atomic E-state index is -3.91. The molecule has 19 heavy (non-hydrogen) atoms. The van der Waals surface area contributed by atoms with Crippen LogP contribution in [0.25, 0.3) is 0 Å². The molecule has 0 radical (unpaired) electrons. The van der Waals surface area contributed by atoms with Gasteiger partial charge in [-0.15, -0.1) is 0 Å². The van der Waals surface area contributed by atoms with Crippen molar-refractivity contribution in [2.45, 2.75) is 30.8 Å². The predicted molar refractivity (Wildman–Crippen MR) is 69.0 cm³/mol. The maximum atomic E-state index is 13.6. The Morgan fingerprint density at radius 1 is 1.37 bits per heavy atom. The van der Waals surface area contributed by atoms with Crippen LogP contribution in [-0.2, 0) is 14.8 Å². The fourth-order valence-electron chi connectivity index (χ4n) is 1.28. The summed E-state index contributed by atoms with van der Waals surface area (Å²) in [7, 11) is -2.32. The molecule has 0 saturated carbocycles. The molecule has 0 unspecified atom stereocenters. The lowest BCUT2D eigenvalue weighted by atomic mass is 10.1. The van der Waals surface area contributed by atoms with Crippen molar-refractivity contribution in [3.8, 4) is 5.75 Å². The van der Waals surface area contributed by atoms with Gasteiger partial charge in [-0.1, -0.05) is 0 Å². The lowest BCUT2D eigenvalue weighted by Gasteiger charge is -2.22. The summed E-state index contributed by atoms with van der Waals surface area (Å²) in [4.78, 5) is -0.283. The maximum Gasteiger partial charge on any atom is 0.238 e. The van der Waals surface area contributed by atoms with Gasteiger partial charge in [0.15, 0.2) is 11.6 Å². The molecule has 0 aliphatic rings. The molecule has 108 valence electrons. The zero-order valence-corrected chi connectivity index (χ0v) is 12.0. The van der Waals surface area contributed by atoms with Gasteiger partial charge in [-0.3, -0.25) is 0 Å². The van der Waals surface area contributed by atoms with E-state index in [1.165, 1.54) is 12.1 Å². The SMILES string of the molecule is COC(C)(C)CCOc1ccc(S(N)(=O)=O)cc1F. The molecule has 5 nitrogen and oxygen atoms in total. The van der Waals surface area contributed by atoms with E-state index in [-0.39, 0.29) is 22.9 Å². The first kappa shape index (κ1) is 15.9. The highest BCUT2D eigenvalue weighted by Crippen LogP contribution is 2.21. The Morgan fingerprint density at radius 3 is 2.47 bits per heavy atom. The highest BCUT2D eigenvalue weighted by molar-refractivity contribution is 7.89. The van der Waals surface area contributed by atoms with E-state index in [0.29, 0.717) is 6.42 Å². The smallest absolute Gasteiger partial charge is 0.238 e. The van der Waals surface area contributed by atoms with Crippen LogP contribution in [0, 0.1) is 5.82 Å². The highest BCUT2D eigenvalue weighted by atomic mass is 32.2. The van der Waals surface area contributed by atoms with Crippen LogP contribution in [0.1, 0.15) is 20.3 Å². The largest absolute Gasteiger partial charge is 0.490 e. The van der Waals surface area contributed by atoms with E-state index in [4.69, 9.17) is 14.6 Å².